The zero-order chi connectivity index (χ0) is 38.0. The second-order valence-electron chi connectivity index (χ2n) is 18.4. The minimum Gasteiger partial charge on any atom is -0.380 e. The number of rotatable bonds is 16. The molecule has 0 aliphatic heterocycles. The fourth-order valence-corrected chi connectivity index (χ4v) is 9.12. The third kappa shape index (κ3) is 11.4. The van der Waals surface area contributed by atoms with Crippen LogP contribution in [0.25, 0.3) is 0 Å². The highest BCUT2D eigenvalue weighted by Crippen LogP contribution is 2.49. The molecule has 9 heteroatoms. The van der Waals surface area contributed by atoms with Crippen molar-refractivity contribution in [2.24, 2.45) is 28.4 Å². The van der Waals surface area contributed by atoms with Gasteiger partial charge in [-0.25, -0.2) is 9.97 Å². The number of nitrogens with two attached hydrogens (primary N) is 1. The number of fused-ring (bicyclic) bond motifs is 2. The van der Waals surface area contributed by atoms with E-state index in [0.717, 1.165) is 114 Å². The van der Waals surface area contributed by atoms with Crippen LogP contribution in [0.1, 0.15) is 150 Å². The molecule has 4 rings (SSSR count). The first-order valence-corrected chi connectivity index (χ1v) is 21.0. The Morgan fingerprint density at radius 1 is 0.962 bits per heavy atom. The fraction of sp³-hybridized carbons (Fsp3) is 0.837. The number of amides is 1. The molecular formula is C43H77N7O2. The molecule has 1 aromatic heterocycles. The van der Waals surface area contributed by atoms with Crippen LogP contribution in [0.5, 0.6) is 0 Å². The maximum absolute atomic E-state index is 13.2. The molecule has 3 fully saturated rings. The van der Waals surface area contributed by atoms with E-state index in [1.165, 1.54) is 32.1 Å². The van der Waals surface area contributed by atoms with Gasteiger partial charge in [0.2, 0.25) is 5.91 Å². The Labute approximate surface area is 318 Å². The molecule has 1 amide bonds. The molecule has 4 N–H and O–H groups in total. The number of anilines is 2. The lowest BCUT2D eigenvalue weighted by molar-refractivity contribution is -0.117. The first kappa shape index (κ1) is 42.5. The second-order valence-corrected chi connectivity index (χ2v) is 18.4. The molecule has 1 heterocycles. The van der Waals surface area contributed by atoms with E-state index in [1.807, 2.05) is 6.08 Å². The van der Waals surface area contributed by atoms with Gasteiger partial charge in [0.15, 0.2) is 0 Å². The predicted molar refractivity (Wildman–Crippen MR) is 218 cm³/mol. The van der Waals surface area contributed by atoms with E-state index in [1.54, 1.807) is 12.4 Å². The molecule has 2 bridgehead atoms. The molecule has 52 heavy (non-hydrogen) atoms. The minimum absolute atomic E-state index is 0.0183. The average molecular weight is 724 g/mol. The number of ether oxygens (including phenoxy) is 1. The van der Waals surface area contributed by atoms with Crippen LogP contribution in [-0.2, 0) is 9.53 Å². The van der Waals surface area contributed by atoms with Gasteiger partial charge < -0.3 is 30.9 Å². The topological polar surface area (TPSA) is 109 Å². The van der Waals surface area contributed by atoms with E-state index in [4.69, 9.17) is 20.4 Å². The standard InChI is InChI=1S/C43H77N7O2/c1-10-40(5,6)30-52-31-41(7,11-2)29-49(8)28-18-19-37(51)47-36-21-20-35-22-26-42(27-23-36,34(35)4)48-38-33(3)39(46-32-45-38)50(9)43(44)24-16-14-12-13-15-17-25-43/h18-19,32,34-36H,10-17,20-31,44H2,1-9H3,(H,47,51)(H,45,46,48). The van der Waals surface area contributed by atoms with Crippen LogP contribution in [0, 0.1) is 29.6 Å². The summed E-state index contributed by atoms with van der Waals surface area (Å²) >= 11 is 0. The number of likely N-dealkylation sites (N-methyl/N-ethyl adjacent to an activating group) is 1. The number of hydrogen-bond donors (Lipinski definition) is 3. The molecule has 5 unspecified atom stereocenters. The third-order valence-corrected chi connectivity index (χ3v) is 13.7. The Kier molecular flexibility index (Phi) is 15.4. The molecule has 5 atom stereocenters. The Hall–Kier alpha value is -2.23. The summed E-state index contributed by atoms with van der Waals surface area (Å²) in [5, 5.41) is 7.41. The fourth-order valence-electron chi connectivity index (χ4n) is 9.12. The molecule has 3 saturated carbocycles. The van der Waals surface area contributed by atoms with Crippen molar-refractivity contribution in [3.63, 3.8) is 0 Å². The van der Waals surface area contributed by atoms with Crippen molar-refractivity contribution in [1.82, 2.24) is 20.2 Å². The summed E-state index contributed by atoms with van der Waals surface area (Å²) in [6.07, 6.45) is 23.5. The lowest BCUT2D eigenvalue weighted by Gasteiger charge is -2.42. The van der Waals surface area contributed by atoms with Crippen LogP contribution in [-0.4, -0.2) is 78.4 Å². The predicted octanol–water partition coefficient (Wildman–Crippen LogP) is 8.62. The second kappa shape index (κ2) is 18.9. The summed E-state index contributed by atoms with van der Waals surface area (Å²) in [6, 6.07) is 0.172. The molecule has 1 aromatic rings. The quantitative estimate of drug-likeness (QED) is 0.115. The van der Waals surface area contributed by atoms with Gasteiger partial charge in [0, 0.05) is 48.8 Å². The Bertz CT molecular complexity index is 1290. The van der Waals surface area contributed by atoms with E-state index < -0.39 is 5.66 Å². The zero-order valence-corrected chi connectivity index (χ0v) is 34.8. The Morgan fingerprint density at radius 3 is 2.31 bits per heavy atom. The van der Waals surface area contributed by atoms with Gasteiger partial charge >= 0.3 is 0 Å². The average Bonchev–Trinajstić information content (AvgIpc) is 3.49. The first-order valence-electron chi connectivity index (χ1n) is 21.0. The minimum atomic E-state index is -0.392. The molecule has 0 aromatic carbocycles. The number of nitrogens with one attached hydrogen (secondary N) is 2. The molecule has 0 saturated heterocycles. The first-order chi connectivity index (χ1) is 24.6. The summed E-state index contributed by atoms with van der Waals surface area (Å²) < 4.78 is 6.19. The van der Waals surface area contributed by atoms with Crippen molar-refractivity contribution in [3.8, 4) is 0 Å². The van der Waals surface area contributed by atoms with Gasteiger partial charge in [-0.1, -0.05) is 73.3 Å². The largest absolute Gasteiger partial charge is 0.380 e. The van der Waals surface area contributed by atoms with Crippen LogP contribution in [0.2, 0.25) is 0 Å². The molecular weight excluding hydrogens is 647 g/mol. The van der Waals surface area contributed by atoms with Gasteiger partial charge in [-0.05, 0) is 108 Å². The SMILES string of the molecule is CCC(C)(C)COCC(C)(CC)CN(C)CC=CC(=O)NC1CCC2CCC(Nc3ncnc(N(C)C4(N)CCCCCCCC4)c3C)(CC1)C2C. The van der Waals surface area contributed by atoms with Crippen molar-refractivity contribution in [1.29, 1.82) is 0 Å². The van der Waals surface area contributed by atoms with Crippen molar-refractivity contribution in [3.05, 3.63) is 24.0 Å². The number of carbonyl (C=O) groups is 1. The molecule has 9 nitrogen and oxygen atoms in total. The lowest BCUT2D eigenvalue weighted by atomic mass is 9.75. The van der Waals surface area contributed by atoms with Gasteiger partial charge in [0.05, 0.1) is 18.9 Å². The van der Waals surface area contributed by atoms with Crippen molar-refractivity contribution in [2.75, 3.05) is 50.6 Å². The summed E-state index contributed by atoms with van der Waals surface area (Å²) in [6.45, 7) is 19.1. The van der Waals surface area contributed by atoms with Gasteiger partial charge in [0.1, 0.15) is 18.0 Å². The molecule has 3 aliphatic rings. The summed E-state index contributed by atoms with van der Waals surface area (Å²) in [7, 11) is 4.27. The maximum Gasteiger partial charge on any atom is 0.243 e. The molecule has 296 valence electrons. The highest BCUT2D eigenvalue weighted by atomic mass is 16.5. The lowest BCUT2D eigenvalue weighted by Crippen LogP contribution is -2.55. The van der Waals surface area contributed by atoms with E-state index in [0.29, 0.717) is 11.8 Å². The Balaban J connectivity index is 1.34. The molecule has 0 radical (unpaired) electrons. The van der Waals surface area contributed by atoms with Crippen LogP contribution in [0.3, 0.4) is 0 Å². The van der Waals surface area contributed by atoms with Crippen LogP contribution in [0.15, 0.2) is 18.5 Å². The van der Waals surface area contributed by atoms with Gasteiger partial charge in [-0.15, -0.1) is 0 Å². The van der Waals surface area contributed by atoms with E-state index in [9.17, 15) is 4.79 Å². The van der Waals surface area contributed by atoms with Gasteiger partial charge in [0.25, 0.3) is 0 Å². The highest BCUT2D eigenvalue weighted by molar-refractivity contribution is 5.87. The van der Waals surface area contributed by atoms with Crippen molar-refractivity contribution in [2.45, 2.75) is 168 Å². The van der Waals surface area contributed by atoms with Crippen LogP contribution >= 0.6 is 0 Å². The van der Waals surface area contributed by atoms with Gasteiger partial charge in [-0.2, -0.15) is 0 Å². The number of nitrogens with zero attached hydrogens (tertiary/aromatic N) is 4. The normalized spacial score (nSPS) is 26.9. The van der Waals surface area contributed by atoms with Crippen LogP contribution < -0.4 is 21.3 Å². The maximum atomic E-state index is 13.2. The highest BCUT2D eigenvalue weighted by Gasteiger charge is 2.47. The number of hydrogen-bond acceptors (Lipinski definition) is 8. The van der Waals surface area contributed by atoms with Crippen LogP contribution in [0.4, 0.5) is 11.6 Å². The van der Waals surface area contributed by atoms with Gasteiger partial charge in [-0.3, -0.25) is 4.79 Å². The third-order valence-electron chi connectivity index (χ3n) is 13.7. The smallest absolute Gasteiger partial charge is 0.243 e. The molecule has 0 spiro atoms. The van der Waals surface area contributed by atoms with Crippen molar-refractivity contribution < 1.29 is 9.53 Å². The molecule has 3 aliphatic carbocycles. The van der Waals surface area contributed by atoms with E-state index in [2.05, 4.69) is 83.0 Å². The Morgan fingerprint density at radius 2 is 1.63 bits per heavy atom. The van der Waals surface area contributed by atoms with E-state index in [-0.39, 0.29) is 28.3 Å². The zero-order valence-electron chi connectivity index (χ0n) is 34.8. The monoisotopic (exact) mass is 724 g/mol. The van der Waals surface area contributed by atoms with E-state index >= 15 is 0 Å². The van der Waals surface area contributed by atoms with Crippen molar-refractivity contribution >= 4 is 17.5 Å². The summed E-state index contributed by atoms with van der Waals surface area (Å²) in [5.41, 5.74) is 8.08. The number of aromatic nitrogens is 2. The summed E-state index contributed by atoms with van der Waals surface area (Å²) in [4.78, 5) is 27.4. The summed E-state index contributed by atoms with van der Waals surface area (Å²) in [5.74, 6) is 3.05. The number of carbonyl (C=O) groups excluding carboxylic acids is 1.